The van der Waals surface area contributed by atoms with Gasteiger partial charge in [0.15, 0.2) is 5.96 Å². The van der Waals surface area contributed by atoms with Crippen LogP contribution in [0, 0.1) is 6.92 Å². The van der Waals surface area contributed by atoms with Crippen molar-refractivity contribution < 1.29 is 9.47 Å². The third-order valence-electron chi connectivity index (χ3n) is 3.94. The molecule has 0 atom stereocenters. The van der Waals surface area contributed by atoms with E-state index in [1.807, 2.05) is 19.4 Å². The van der Waals surface area contributed by atoms with Gasteiger partial charge in [-0.05, 0) is 25.5 Å². The average Bonchev–Trinajstić information content (AvgIpc) is 3.07. The molecule has 0 spiro atoms. The van der Waals surface area contributed by atoms with E-state index in [1.165, 1.54) is 5.56 Å². The molecule has 156 valence electrons. The van der Waals surface area contributed by atoms with E-state index in [-0.39, 0.29) is 24.0 Å². The van der Waals surface area contributed by atoms with Gasteiger partial charge in [0.25, 0.3) is 0 Å². The summed E-state index contributed by atoms with van der Waals surface area (Å²) in [5, 5.41) is 10.8. The average molecular weight is 501 g/mol. The molecule has 0 aliphatic rings. The van der Waals surface area contributed by atoms with E-state index in [4.69, 9.17) is 9.47 Å². The highest BCUT2D eigenvalue weighted by atomic mass is 127. The Kier molecular flexibility index (Phi) is 11.6. The summed E-state index contributed by atoms with van der Waals surface area (Å²) in [5.41, 5.74) is 3.36. The number of aromatic nitrogens is 2. The molecule has 0 saturated heterocycles. The van der Waals surface area contributed by atoms with Gasteiger partial charge in [0, 0.05) is 57.6 Å². The zero-order chi connectivity index (χ0) is 19.5. The number of aliphatic imine (C=N–C) groups is 1. The second-order valence-corrected chi connectivity index (χ2v) is 6.38. The number of nitrogens with one attached hydrogen (secondary N) is 2. The van der Waals surface area contributed by atoms with Gasteiger partial charge < -0.3 is 20.1 Å². The van der Waals surface area contributed by atoms with E-state index in [2.05, 4.69) is 52.8 Å². The summed E-state index contributed by atoms with van der Waals surface area (Å²) >= 11 is 0. The van der Waals surface area contributed by atoms with Gasteiger partial charge in [0.05, 0.1) is 19.3 Å². The van der Waals surface area contributed by atoms with Crippen molar-refractivity contribution in [2.45, 2.75) is 33.4 Å². The number of ether oxygens (including phenoxy) is 2. The maximum atomic E-state index is 5.95. The Morgan fingerprint density at radius 1 is 1.25 bits per heavy atom. The highest BCUT2D eigenvalue weighted by Gasteiger charge is 2.06. The van der Waals surface area contributed by atoms with Gasteiger partial charge >= 0.3 is 0 Å². The van der Waals surface area contributed by atoms with Crippen LogP contribution in [-0.2, 0) is 24.9 Å². The molecule has 8 heteroatoms. The molecule has 0 saturated carbocycles. The lowest BCUT2D eigenvalue weighted by Crippen LogP contribution is -2.36. The molecular weight excluding hydrogens is 469 g/mol. The molecule has 2 aromatic rings. The molecule has 28 heavy (non-hydrogen) atoms. The first-order valence-corrected chi connectivity index (χ1v) is 9.33. The van der Waals surface area contributed by atoms with Crippen LogP contribution in [0.3, 0.4) is 0 Å². The van der Waals surface area contributed by atoms with Crippen molar-refractivity contribution in [1.82, 2.24) is 20.4 Å². The van der Waals surface area contributed by atoms with Gasteiger partial charge in [-0.2, -0.15) is 5.10 Å². The van der Waals surface area contributed by atoms with Gasteiger partial charge in [-0.3, -0.25) is 4.68 Å². The second-order valence-electron chi connectivity index (χ2n) is 6.38. The maximum Gasteiger partial charge on any atom is 0.191 e. The van der Waals surface area contributed by atoms with Crippen LogP contribution in [0.15, 0.2) is 35.6 Å². The Morgan fingerprint density at radius 2 is 2.07 bits per heavy atom. The topological polar surface area (TPSA) is 72.7 Å². The molecule has 1 aromatic heterocycles. The summed E-state index contributed by atoms with van der Waals surface area (Å²) in [6.45, 7) is 7.48. The first kappa shape index (κ1) is 24.2. The van der Waals surface area contributed by atoms with Crippen LogP contribution < -0.4 is 15.4 Å². The van der Waals surface area contributed by atoms with E-state index < -0.39 is 0 Å². The molecule has 0 fully saturated rings. The summed E-state index contributed by atoms with van der Waals surface area (Å²) < 4.78 is 12.8. The minimum absolute atomic E-state index is 0. The SMILES string of the molecule is CCNC(=NCc1cnn(C)c1)NCc1ccc(C)cc1OCCCOC.I. The lowest BCUT2D eigenvalue weighted by Gasteiger charge is -2.15. The highest BCUT2D eigenvalue weighted by molar-refractivity contribution is 14.0. The third-order valence-corrected chi connectivity index (χ3v) is 3.94. The van der Waals surface area contributed by atoms with Gasteiger partial charge in [-0.15, -0.1) is 24.0 Å². The van der Waals surface area contributed by atoms with Crippen molar-refractivity contribution in [1.29, 1.82) is 0 Å². The van der Waals surface area contributed by atoms with Crippen molar-refractivity contribution in [2.75, 3.05) is 26.9 Å². The Balaban J connectivity index is 0.00000392. The van der Waals surface area contributed by atoms with Crippen LogP contribution in [0.4, 0.5) is 0 Å². The number of guanidine groups is 1. The van der Waals surface area contributed by atoms with Gasteiger partial charge in [-0.1, -0.05) is 12.1 Å². The maximum absolute atomic E-state index is 5.95. The predicted octanol–water partition coefficient (Wildman–Crippen LogP) is 3.02. The van der Waals surface area contributed by atoms with Crippen LogP contribution >= 0.6 is 24.0 Å². The van der Waals surface area contributed by atoms with Crippen LogP contribution in [-0.4, -0.2) is 42.6 Å². The number of nitrogens with zero attached hydrogens (tertiary/aromatic N) is 3. The lowest BCUT2D eigenvalue weighted by molar-refractivity contribution is 0.172. The third kappa shape index (κ3) is 8.47. The Hall–Kier alpha value is -1.81. The summed E-state index contributed by atoms with van der Waals surface area (Å²) in [6.07, 6.45) is 4.67. The molecule has 1 aromatic carbocycles. The summed E-state index contributed by atoms with van der Waals surface area (Å²) in [5.74, 6) is 1.67. The fourth-order valence-electron chi connectivity index (χ4n) is 2.57. The number of benzene rings is 1. The Morgan fingerprint density at radius 3 is 2.75 bits per heavy atom. The van der Waals surface area contributed by atoms with Crippen molar-refractivity contribution in [3.63, 3.8) is 0 Å². The monoisotopic (exact) mass is 501 g/mol. The molecule has 0 amide bonds. The largest absolute Gasteiger partial charge is 0.493 e. The van der Waals surface area contributed by atoms with Gasteiger partial charge in [-0.25, -0.2) is 4.99 Å². The fourth-order valence-corrected chi connectivity index (χ4v) is 2.57. The minimum Gasteiger partial charge on any atom is -0.493 e. The smallest absolute Gasteiger partial charge is 0.191 e. The normalized spacial score (nSPS) is 11.1. The van der Waals surface area contributed by atoms with E-state index in [9.17, 15) is 0 Å². The number of aryl methyl sites for hydroxylation is 2. The molecular formula is C20H32IN5O2. The number of halogens is 1. The molecule has 1 heterocycles. The Bertz CT molecular complexity index is 733. The van der Waals surface area contributed by atoms with E-state index in [0.29, 0.717) is 26.3 Å². The van der Waals surface area contributed by atoms with Crippen LogP contribution in [0.25, 0.3) is 0 Å². The van der Waals surface area contributed by atoms with Gasteiger partial charge in [0.1, 0.15) is 5.75 Å². The predicted molar refractivity (Wildman–Crippen MR) is 123 cm³/mol. The second kappa shape index (κ2) is 13.4. The van der Waals surface area contributed by atoms with E-state index in [1.54, 1.807) is 11.8 Å². The highest BCUT2D eigenvalue weighted by Crippen LogP contribution is 2.20. The van der Waals surface area contributed by atoms with Crippen molar-refractivity contribution in [3.8, 4) is 5.75 Å². The van der Waals surface area contributed by atoms with Crippen molar-refractivity contribution >= 4 is 29.9 Å². The molecule has 0 bridgehead atoms. The molecule has 2 rings (SSSR count). The first-order chi connectivity index (χ1) is 13.1. The number of hydrogen-bond donors (Lipinski definition) is 2. The molecule has 7 nitrogen and oxygen atoms in total. The number of rotatable bonds is 10. The molecule has 0 radical (unpaired) electrons. The summed E-state index contributed by atoms with van der Waals surface area (Å²) in [6, 6.07) is 6.26. The summed E-state index contributed by atoms with van der Waals surface area (Å²) in [7, 11) is 3.61. The lowest BCUT2D eigenvalue weighted by atomic mass is 10.1. The number of hydrogen-bond acceptors (Lipinski definition) is 4. The van der Waals surface area contributed by atoms with Crippen LogP contribution in [0.5, 0.6) is 5.75 Å². The van der Waals surface area contributed by atoms with Crippen LogP contribution in [0.2, 0.25) is 0 Å². The van der Waals surface area contributed by atoms with E-state index in [0.717, 1.165) is 35.8 Å². The fraction of sp³-hybridized carbons (Fsp3) is 0.500. The van der Waals surface area contributed by atoms with Crippen LogP contribution in [0.1, 0.15) is 30.0 Å². The first-order valence-electron chi connectivity index (χ1n) is 9.33. The molecule has 2 N–H and O–H groups in total. The van der Waals surface area contributed by atoms with Crippen molar-refractivity contribution in [3.05, 3.63) is 47.3 Å². The zero-order valence-electron chi connectivity index (χ0n) is 17.2. The van der Waals surface area contributed by atoms with E-state index >= 15 is 0 Å². The molecule has 0 aliphatic heterocycles. The quantitative estimate of drug-likeness (QED) is 0.227. The number of methoxy groups -OCH3 is 1. The van der Waals surface area contributed by atoms with Crippen molar-refractivity contribution in [2.24, 2.45) is 12.0 Å². The van der Waals surface area contributed by atoms with Gasteiger partial charge in [0.2, 0.25) is 0 Å². The Labute approximate surface area is 184 Å². The minimum atomic E-state index is 0. The molecule has 0 aliphatic carbocycles. The molecule has 0 unspecified atom stereocenters. The summed E-state index contributed by atoms with van der Waals surface area (Å²) in [4.78, 5) is 4.63. The standard InChI is InChI=1S/C20H31N5O2.HI/c1-5-21-20(22-12-17-13-24-25(3)15-17)23-14-18-8-7-16(2)11-19(18)27-10-6-9-26-4;/h7-8,11,13,15H,5-6,9-10,12,14H2,1-4H3,(H2,21,22,23);1H. The zero-order valence-corrected chi connectivity index (χ0v) is 19.5.